The molecule has 0 spiro atoms. The summed E-state index contributed by atoms with van der Waals surface area (Å²) in [4.78, 5) is 48.5. The number of aryl methyl sites for hydroxylation is 1. The van der Waals surface area contributed by atoms with Gasteiger partial charge in [-0.05, 0) is 43.5 Å². The Balaban J connectivity index is 2.01. The van der Waals surface area contributed by atoms with Gasteiger partial charge in [-0.15, -0.1) is 0 Å². The lowest BCUT2D eigenvalue weighted by atomic mass is 9.89. The topological polar surface area (TPSA) is 91.7 Å². The third-order valence-corrected chi connectivity index (χ3v) is 5.30. The lowest BCUT2D eigenvalue weighted by Crippen LogP contribution is -2.41. The van der Waals surface area contributed by atoms with E-state index in [-0.39, 0.29) is 28.9 Å². The summed E-state index contributed by atoms with van der Waals surface area (Å²) in [6, 6.07) is 10.5. The third-order valence-electron chi connectivity index (χ3n) is 5.30. The number of likely N-dealkylation sites (N-methyl/N-ethyl adjacent to an activating group) is 1. The van der Waals surface area contributed by atoms with Gasteiger partial charge in [0.1, 0.15) is 11.2 Å². The van der Waals surface area contributed by atoms with E-state index in [1.165, 1.54) is 4.90 Å². The highest BCUT2D eigenvalue weighted by Crippen LogP contribution is 2.27. The van der Waals surface area contributed by atoms with Crippen LogP contribution in [0.1, 0.15) is 42.4 Å². The maximum absolute atomic E-state index is 13.1. The molecule has 2 heterocycles. The minimum absolute atomic E-state index is 0.0459. The third kappa shape index (κ3) is 3.68. The zero-order valence-corrected chi connectivity index (χ0v) is 17.2. The summed E-state index contributed by atoms with van der Waals surface area (Å²) >= 11 is 0. The number of carbonyl (C=O) groups excluding carboxylic acids is 3. The van der Waals surface area contributed by atoms with Crippen LogP contribution >= 0.6 is 0 Å². The van der Waals surface area contributed by atoms with Crippen LogP contribution in [0.3, 0.4) is 0 Å². The van der Waals surface area contributed by atoms with Crippen molar-refractivity contribution < 1.29 is 14.4 Å². The van der Waals surface area contributed by atoms with Crippen molar-refractivity contribution in [3.8, 4) is 0 Å². The molecule has 0 bridgehead atoms. The van der Waals surface area contributed by atoms with Crippen LogP contribution in [-0.2, 0) is 9.59 Å². The average molecular weight is 392 g/mol. The van der Waals surface area contributed by atoms with Gasteiger partial charge in [0.15, 0.2) is 5.84 Å². The number of anilines is 1. The lowest BCUT2D eigenvalue weighted by Gasteiger charge is -2.21. The van der Waals surface area contributed by atoms with Gasteiger partial charge >= 0.3 is 0 Å². The highest BCUT2D eigenvalue weighted by molar-refractivity contribution is 6.48. The molecule has 7 heteroatoms. The number of aliphatic imine (C=N–C) groups is 1. The molecule has 1 N–H and O–H groups in total. The summed E-state index contributed by atoms with van der Waals surface area (Å²) < 4.78 is 0. The van der Waals surface area contributed by atoms with E-state index >= 15 is 0 Å². The number of hydrogen-bond donors (Lipinski definition) is 1. The van der Waals surface area contributed by atoms with Gasteiger partial charge in [-0.3, -0.25) is 19.4 Å². The van der Waals surface area contributed by atoms with E-state index in [1.54, 1.807) is 57.4 Å². The summed E-state index contributed by atoms with van der Waals surface area (Å²) in [6.07, 6.45) is 1.58. The number of para-hydroxylation sites is 1. The highest BCUT2D eigenvalue weighted by Gasteiger charge is 2.43. The van der Waals surface area contributed by atoms with E-state index in [2.05, 4.69) is 15.3 Å². The van der Waals surface area contributed by atoms with Crippen LogP contribution in [0.4, 0.5) is 5.69 Å². The number of nitrogens with one attached hydrogen (secondary N) is 1. The first-order chi connectivity index (χ1) is 13.6. The molecule has 0 radical (unpaired) electrons. The molecule has 0 fully saturated rings. The number of aromatic nitrogens is 1. The summed E-state index contributed by atoms with van der Waals surface area (Å²) in [5.74, 6) is -1.49. The second-order valence-corrected chi connectivity index (χ2v) is 7.65. The smallest absolute Gasteiger partial charge is 0.299 e. The molecule has 1 aliphatic heterocycles. The van der Waals surface area contributed by atoms with Gasteiger partial charge in [0.25, 0.3) is 17.6 Å². The van der Waals surface area contributed by atoms with Crippen LogP contribution < -0.4 is 10.2 Å². The van der Waals surface area contributed by atoms with Crippen LogP contribution in [0, 0.1) is 12.8 Å². The average Bonchev–Trinajstić information content (AvgIpc) is 3.02. The van der Waals surface area contributed by atoms with Gasteiger partial charge in [0, 0.05) is 18.9 Å². The van der Waals surface area contributed by atoms with Crippen LogP contribution in [0.25, 0.3) is 0 Å². The number of carbonyl (C=O) groups is 3. The Bertz CT molecular complexity index is 1010. The largest absolute Gasteiger partial charge is 0.309 e. The number of Topliss-reactive ketones (excluding diaryl/α,β-unsaturated/α-hetero) is 1. The Labute approximate surface area is 169 Å². The summed E-state index contributed by atoms with van der Waals surface area (Å²) in [5, 5.41) is 2.73. The van der Waals surface area contributed by atoms with Crippen LogP contribution in [0.15, 0.2) is 47.6 Å². The van der Waals surface area contributed by atoms with Crippen LogP contribution in [0.2, 0.25) is 0 Å². The minimum atomic E-state index is -0.951. The molecule has 1 atom stereocenters. The quantitative estimate of drug-likeness (QED) is 0.625. The predicted molar refractivity (Wildman–Crippen MR) is 111 cm³/mol. The Morgan fingerprint density at radius 3 is 2.41 bits per heavy atom. The normalized spacial score (nSPS) is 18.4. The first kappa shape index (κ1) is 20.4. The van der Waals surface area contributed by atoms with Crippen molar-refractivity contribution in [2.75, 3.05) is 11.9 Å². The summed E-state index contributed by atoms with van der Waals surface area (Å²) in [6.45, 7) is 7.33. The second kappa shape index (κ2) is 7.58. The molecule has 1 aromatic carbocycles. The molecule has 2 aromatic rings. The van der Waals surface area contributed by atoms with Gasteiger partial charge in [-0.1, -0.05) is 32.0 Å². The Hall–Kier alpha value is -3.35. The maximum Gasteiger partial charge on any atom is 0.299 e. The van der Waals surface area contributed by atoms with Crippen molar-refractivity contribution in [3.05, 3.63) is 59.4 Å². The van der Waals surface area contributed by atoms with Gasteiger partial charge in [-0.2, -0.15) is 0 Å². The van der Waals surface area contributed by atoms with E-state index in [0.717, 1.165) is 5.56 Å². The maximum atomic E-state index is 13.1. The van der Waals surface area contributed by atoms with Gasteiger partial charge in [0.05, 0.1) is 5.56 Å². The molecule has 0 saturated carbocycles. The molecule has 1 aliphatic rings. The van der Waals surface area contributed by atoms with Crippen LogP contribution in [0.5, 0.6) is 0 Å². The fourth-order valence-electron chi connectivity index (χ4n) is 3.02. The predicted octanol–water partition coefficient (Wildman–Crippen LogP) is 2.53. The lowest BCUT2D eigenvalue weighted by molar-refractivity contribution is -0.124. The molecule has 1 aromatic heterocycles. The standard InChI is InChI=1S/C22H24N4O3/c1-13(2)22(4)21(29)24-19(25-22)17-16(11-14(3)12-23-17)18(27)20(28)26(5)15-9-7-6-8-10-15/h6-13H,1-5H3,(H,24,25,29). The summed E-state index contributed by atoms with van der Waals surface area (Å²) in [7, 11) is 1.54. The summed E-state index contributed by atoms with van der Waals surface area (Å²) in [5.41, 5.74) is 0.696. The van der Waals surface area contributed by atoms with Crippen molar-refractivity contribution in [1.82, 2.24) is 10.3 Å². The molecular formula is C22H24N4O3. The van der Waals surface area contributed by atoms with Crippen LogP contribution in [-0.4, -0.2) is 41.0 Å². The minimum Gasteiger partial charge on any atom is -0.309 e. The molecule has 29 heavy (non-hydrogen) atoms. The molecule has 0 saturated heterocycles. The van der Waals surface area contributed by atoms with E-state index < -0.39 is 17.2 Å². The Kier molecular flexibility index (Phi) is 5.33. The van der Waals surface area contributed by atoms with E-state index in [0.29, 0.717) is 5.69 Å². The van der Waals surface area contributed by atoms with Crippen molar-refractivity contribution in [1.29, 1.82) is 0 Å². The van der Waals surface area contributed by atoms with Crippen molar-refractivity contribution in [2.45, 2.75) is 33.2 Å². The molecule has 1 unspecified atom stereocenters. The first-order valence-electron chi connectivity index (χ1n) is 9.41. The van der Waals surface area contributed by atoms with E-state index in [9.17, 15) is 14.4 Å². The van der Waals surface area contributed by atoms with Crippen molar-refractivity contribution >= 4 is 29.1 Å². The number of hydrogen-bond acceptors (Lipinski definition) is 5. The van der Waals surface area contributed by atoms with E-state index in [4.69, 9.17) is 0 Å². The zero-order valence-electron chi connectivity index (χ0n) is 17.2. The molecule has 0 aliphatic carbocycles. The Morgan fingerprint density at radius 2 is 1.83 bits per heavy atom. The number of ketones is 1. The number of nitrogens with zero attached hydrogens (tertiary/aromatic N) is 3. The van der Waals surface area contributed by atoms with Gasteiger partial charge < -0.3 is 10.2 Å². The van der Waals surface area contributed by atoms with Crippen molar-refractivity contribution in [2.24, 2.45) is 10.9 Å². The Morgan fingerprint density at radius 1 is 1.17 bits per heavy atom. The van der Waals surface area contributed by atoms with Gasteiger partial charge in [0.2, 0.25) is 0 Å². The molecule has 3 rings (SSSR count). The number of amides is 2. The molecule has 7 nitrogen and oxygen atoms in total. The molecular weight excluding hydrogens is 368 g/mol. The monoisotopic (exact) mass is 392 g/mol. The van der Waals surface area contributed by atoms with Crippen molar-refractivity contribution in [3.63, 3.8) is 0 Å². The molecule has 150 valence electrons. The number of benzene rings is 1. The second-order valence-electron chi connectivity index (χ2n) is 7.65. The first-order valence-corrected chi connectivity index (χ1v) is 9.41. The highest BCUT2D eigenvalue weighted by atomic mass is 16.2. The zero-order chi connectivity index (χ0) is 21.3. The number of amidine groups is 1. The van der Waals surface area contributed by atoms with E-state index in [1.807, 2.05) is 19.9 Å². The fourth-order valence-corrected chi connectivity index (χ4v) is 3.02. The number of rotatable bonds is 5. The fraction of sp³-hybridized carbons (Fsp3) is 0.318. The molecule has 2 amide bonds. The number of pyridine rings is 1. The van der Waals surface area contributed by atoms with Gasteiger partial charge in [-0.25, -0.2) is 4.99 Å². The SMILES string of the molecule is Cc1cnc(C2=NC(C)(C(C)C)C(=O)N2)c(C(=O)C(=O)N(C)c2ccccc2)c1.